The number of carbonyl (C=O) groups excluding carboxylic acids is 1. The Hall–Kier alpha value is -1.00. The molecule has 2 aliphatic heterocycles. The zero-order valence-electron chi connectivity index (χ0n) is 11.5. The molecule has 2 fully saturated rings. The van der Waals surface area contributed by atoms with Gasteiger partial charge in [-0.25, -0.2) is 0 Å². The summed E-state index contributed by atoms with van der Waals surface area (Å²) in [7, 11) is 0. The number of hydrogen-bond donors (Lipinski definition) is 1. The summed E-state index contributed by atoms with van der Waals surface area (Å²) >= 11 is 1.95. The predicted octanol–water partition coefficient (Wildman–Crippen LogP) is 2.58. The Balaban J connectivity index is 1.46. The SMILES string of the molecule is O=C1C[C@@H](N[C@@H]2CCSc3ccccc32)CN1C1CC1. The number of carbonyl (C=O) groups is 1. The molecule has 4 heteroatoms. The lowest BCUT2D eigenvalue weighted by Crippen LogP contribution is -2.37. The zero-order valence-corrected chi connectivity index (χ0v) is 12.4. The molecule has 1 saturated carbocycles. The van der Waals surface area contributed by atoms with E-state index < -0.39 is 0 Å². The molecular formula is C16H20N2OS. The average Bonchev–Trinajstić information content (AvgIpc) is 3.24. The van der Waals surface area contributed by atoms with Gasteiger partial charge < -0.3 is 10.2 Å². The number of likely N-dealkylation sites (tertiary alicyclic amines) is 1. The molecule has 1 aromatic carbocycles. The molecule has 2 heterocycles. The Kier molecular flexibility index (Phi) is 3.23. The first kappa shape index (κ1) is 12.7. The number of nitrogens with zero attached hydrogens (tertiary/aromatic N) is 1. The maximum absolute atomic E-state index is 12.0. The van der Waals surface area contributed by atoms with Crippen molar-refractivity contribution in [2.24, 2.45) is 0 Å². The van der Waals surface area contributed by atoms with Gasteiger partial charge in [0.25, 0.3) is 0 Å². The van der Waals surface area contributed by atoms with Gasteiger partial charge in [0, 0.05) is 36.0 Å². The van der Waals surface area contributed by atoms with E-state index in [1.54, 1.807) is 0 Å². The van der Waals surface area contributed by atoms with Crippen molar-refractivity contribution in [2.45, 2.75) is 48.7 Å². The lowest BCUT2D eigenvalue weighted by Gasteiger charge is -2.28. The van der Waals surface area contributed by atoms with Crippen LogP contribution < -0.4 is 5.32 Å². The van der Waals surface area contributed by atoms with Crippen LogP contribution in [0.3, 0.4) is 0 Å². The molecule has 4 rings (SSSR count). The van der Waals surface area contributed by atoms with E-state index >= 15 is 0 Å². The molecule has 106 valence electrons. The summed E-state index contributed by atoms with van der Waals surface area (Å²) in [5, 5.41) is 3.74. The van der Waals surface area contributed by atoms with Crippen LogP contribution in [0.4, 0.5) is 0 Å². The molecule has 1 amide bonds. The molecule has 0 spiro atoms. The smallest absolute Gasteiger partial charge is 0.224 e. The van der Waals surface area contributed by atoms with Crippen LogP contribution in [0.15, 0.2) is 29.2 Å². The Morgan fingerprint density at radius 1 is 1.20 bits per heavy atom. The van der Waals surface area contributed by atoms with E-state index in [1.807, 2.05) is 11.8 Å². The monoisotopic (exact) mass is 288 g/mol. The number of fused-ring (bicyclic) bond motifs is 1. The van der Waals surface area contributed by atoms with E-state index in [-0.39, 0.29) is 0 Å². The summed E-state index contributed by atoms with van der Waals surface area (Å²) in [6.07, 6.45) is 4.26. The Labute approximate surface area is 124 Å². The lowest BCUT2D eigenvalue weighted by molar-refractivity contribution is -0.128. The van der Waals surface area contributed by atoms with Crippen molar-refractivity contribution in [3.8, 4) is 0 Å². The standard InChI is InChI=1S/C16H20N2OS/c19-16-9-11(10-18(16)12-5-6-12)17-14-7-8-20-15-4-2-1-3-13(14)15/h1-4,11-12,14,17H,5-10H2/t11-,14-/m1/s1. The number of hydrogen-bond acceptors (Lipinski definition) is 3. The van der Waals surface area contributed by atoms with E-state index in [9.17, 15) is 4.79 Å². The lowest BCUT2D eigenvalue weighted by atomic mass is 10.0. The topological polar surface area (TPSA) is 32.3 Å². The quantitative estimate of drug-likeness (QED) is 0.928. The third-order valence-corrected chi connectivity index (χ3v) is 5.66. The summed E-state index contributed by atoms with van der Waals surface area (Å²) in [6, 6.07) is 9.99. The molecule has 20 heavy (non-hydrogen) atoms. The van der Waals surface area contributed by atoms with Gasteiger partial charge in [-0.3, -0.25) is 4.79 Å². The summed E-state index contributed by atoms with van der Waals surface area (Å²) in [4.78, 5) is 15.5. The van der Waals surface area contributed by atoms with E-state index in [0.717, 1.165) is 13.0 Å². The molecule has 3 nitrogen and oxygen atoms in total. The molecule has 0 unspecified atom stereocenters. The highest BCUT2D eigenvalue weighted by Gasteiger charge is 2.40. The van der Waals surface area contributed by atoms with Crippen molar-refractivity contribution >= 4 is 17.7 Å². The van der Waals surface area contributed by atoms with E-state index in [0.29, 0.717) is 30.5 Å². The third-order valence-electron chi connectivity index (χ3n) is 4.54. The third kappa shape index (κ3) is 2.35. The molecule has 3 aliphatic rings. The summed E-state index contributed by atoms with van der Waals surface area (Å²) in [5.74, 6) is 1.52. The highest BCUT2D eigenvalue weighted by molar-refractivity contribution is 7.99. The molecule has 0 aromatic heterocycles. The summed E-state index contributed by atoms with van der Waals surface area (Å²) in [5.41, 5.74) is 1.42. The van der Waals surface area contributed by atoms with Crippen LogP contribution in [-0.4, -0.2) is 35.2 Å². The number of rotatable bonds is 3. The van der Waals surface area contributed by atoms with Gasteiger partial charge in [0.1, 0.15) is 0 Å². The first-order valence-corrected chi connectivity index (χ1v) is 8.57. The van der Waals surface area contributed by atoms with Gasteiger partial charge in [-0.15, -0.1) is 11.8 Å². The van der Waals surface area contributed by atoms with Crippen LogP contribution in [0.25, 0.3) is 0 Å². The van der Waals surface area contributed by atoms with Gasteiger partial charge in [-0.2, -0.15) is 0 Å². The van der Waals surface area contributed by atoms with Gasteiger partial charge in [-0.1, -0.05) is 18.2 Å². The largest absolute Gasteiger partial charge is 0.338 e. The Bertz CT molecular complexity index is 529. The molecule has 1 aromatic rings. The van der Waals surface area contributed by atoms with Gasteiger partial charge in [0.2, 0.25) is 5.91 Å². The normalized spacial score (nSPS) is 29.6. The summed E-state index contributed by atoms with van der Waals surface area (Å²) in [6.45, 7) is 0.912. The van der Waals surface area contributed by atoms with E-state index in [4.69, 9.17) is 0 Å². The summed E-state index contributed by atoms with van der Waals surface area (Å²) < 4.78 is 0. The minimum atomic E-state index is 0.337. The van der Waals surface area contributed by atoms with Crippen LogP contribution in [0.1, 0.15) is 37.3 Å². The Morgan fingerprint density at radius 3 is 2.90 bits per heavy atom. The molecule has 2 atom stereocenters. The van der Waals surface area contributed by atoms with Crippen molar-refractivity contribution in [3.05, 3.63) is 29.8 Å². The van der Waals surface area contributed by atoms with Crippen molar-refractivity contribution in [2.75, 3.05) is 12.3 Å². The van der Waals surface area contributed by atoms with Gasteiger partial charge in [0.15, 0.2) is 0 Å². The maximum atomic E-state index is 12.0. The van der Waals surface area contributed by atoms with Crippen LogP contribution in [0.5, 0.6) is 0 Å². The number of benzene rings is 1. The first-order chi connectivity index (χ1) is 9.81. The zero-order chi connectivity index (χ0) is 13.5. The molecule has 1 saturated heterocycles. The van der Waals surface area contributed by atoms with Crippen molar-refractivity contribution in [3.63, 3.8) is 0 Å². The minimum absolute atomic E-state index is 0.337. The van der Waals surface area contributed by atoms with Crippen LogP contribution in [0.2, 0.25) is 0 Å². The van der Waals surface area contributed by atoms with Crippen molar-refractivity contribution in [1.82, 2.24) is 10.2 Å². The van der Waals surface area contributed by atoms with Gasteiger partial charge >= 0.3 is 0 Å². The highest BCUT2D eigenvalue weighted by Crippen LogP contribution is 2.37. The van der Waals surface area contributed by atoms with Crippen LogP contribution >= 0.6 is 11.8 Å². The van der Waals surface area contributed by atoms with Gasteiger partial charge in [-0.05, 0) is 36.6 Å². The second-order valence-corrected chi connectivity index (χ2v) is 7.21. The number of nitrogens with one attached hydrogen (secondary N) is 1. The number of thioether (sulfide) groups is 1. The van der Waals surface area contributed by atoms with Crippen LogP contribution in [0, 0.1) is 0 Å². The Morgan fingerprint density at radius 2 is 2.05 bits per heavy atom. The van der Waals surface area contributed by atoms with Gasteiger partial charge in [0.05, 0.1) is 0 Å². The molecule has 1 aliphatic carbocycles. The maximum Gasteiger partial charge on any atom is 0.224 e. The van der Waals surface area contributed by atoms with E-state index in [2.05, 4.69) is 34.5 Å². The van der Waals surface area contributed by atoms with Crippen molar-refractivity contribution < 1.29 is 4.79 Å². The molecule has 0 bridgehead atoms. The molecule has 1 N–H and O–H groups in total. The molecular weight excluding hydrogens is 268 g/mol. The highest BCUT2D eigenvalue weighted by atomic mass is 32.2. The van der Waals surface area contributed by atoms with E-state index in [1.165, 1.54) is 29.1 Å². The fraction of sp³-hybridized carbons (Fsp3) is 0.562. The fourth-order valence-electron chi connectivity index (χ4n) is 3.38. The predicted molar refractivity (Wildman–Crippen MR) is 80.8 cm³/mol. The minimum Gasteiger partial charge on any atom is -0.338 e. The van der Waals surface area contributed by atoms with Crippen molar-refractivity contribution in [1.29, 1.82) is 0 Å². The average molecular weight is 288 g/mol. The second-order valence-electron chi connectivity index (χ2n) is 6.07. The molecule has 0 radical (unpaired) electrons. The number of amides is 1. The second kappa shape index (κ2) is 5.08. The van der Waals surface area contributed by atoms with Crippen LogP contribution in [-0.2, 0) is 4.79 Å². The first-order valence-electron chi connectivity index (χ1n) is 7.58. The fourth-order valence-corrected chi connectivity index (χ4v) is 4.51.